The average Bonchev–Trinajstić information content (AvgIpc) is 2.86. The average molecular weight is 373 g/mol. The van der Waals surface area contributed by atoms with E-state index in [2.05, 4.69) is 20.7 Å². The third-order valence-electron chi connectivity index (χ3n) is 3.03. The molecule has 1 aromatic carbocycles. The molecular formula is C14H17BrN2O3S. The van der Waals surface area contributed by atoms with Crippen LogP contribution < -0.4 is 4.72 Å². The molecule has 2 aromatic rings. The Balaban J connectivity index is 2.33. The van der Waals surface area contributed by atoms with Crippen LogP contribution in [0.15, 0.2) is 45.9 Å². The first kappa shape index (κ1) is 16.1. The maximum atomic E-state index is 12.4. The molecule has 1 heterocycles. The van der Waals surface area contributed by atoms with Gasteiger partial charge in [-0.1, -0.05) is 15.9 Å². The number of hydrogen-bond acceptors (Lipinski definition) is 3. The van der Waals surface area contributed by atoms with Gasteiger partial charge in [-0.25, -0.2) is 8.42 Å². The van der Waals surface area contributed by atoms with Crippen LogP contribution in [0.1, 0.15) is 25.6 Å². The van der Waals surface area contributed by atoms with E-state index in [1.165, 1.54) is 12.3 Å². The van der Waals surface area contributed by atoms with E-state index in [4.69, 9.17) is 0 Å². The molecule has 7 heteroatoms. The normalized spacial score (nSPS) is 11.9. The highest BCUT2D eigenvalue weighted by molar-refractivity contribution is 9.10. The molecule has 0 atom stereocenters. The molecule has 0 spiro atoms. The van der Waals surface area contributed by atoms with Gasteiger partial charge in [-0.05, 0) is 44.2 Å². The molecule has 0 aliphatic rings. The second kappa shape index (κ2) is 6.21. The van der Waals surface area contributed by atoms with Gasteiger partial charge in [0.25, 0.3) is 10.0 Å². The number of aliphatic hydroxyl groups is 1. The predicted molar refractivity (Wildman–Crippen MR) is 85.7 cm³/mol. The van der Waals surface area contributed by atoms with Gasteiger partial charge >= 0.3 is 0 Å². The van der Waals surface area contributed by atoms with Gasteiger partial charge in [-0.15, -0.1) is 0 Å². The zero-order valence-electron chi connectivity index (χ0n) is 11.7. The Morgan fingerprint density at radius 3 is 2.38 bits per heavy atom. The molecule has 114 valence electrons. The Hall–Kier alpha value is -1.31. The third-order valence-corrected chi connectivity index (χ3v) is 4.91. The summed E-state index contributed by atoms with van der Waals surface area (Å²) < 4.78 is 29.9. The summed E-state index contributed by atoms with van der Waals surface area (Å²) in [5.74, 6) is 0. The number of halogens is 1. The van der Waals surface area contributed by atoms with Crippen molar-refractivity contribution in [2.24, 2.45) is 0 Å². The lowest BCUT2D eigenvalue weighted by molar-refractivity contribution is 0.268. The maximum absolute atomic E-state index is 12.4. The molecule has 0 fully saturated rings. The monoisotopic (exact) mass is 372 g/mol. The first-order valence-corrected chi connectivity index (χ1v) is 8.71. The van der Waals surface area contributed by atoms with Crippen LogP contribution in [-0.4, -0.2) is 18.1 Å². The van der Waals surface area contributed by atoms with Gasteiger partial charge in [0.15, 0.2) is 0 Å². The van der Waals surface area contributed by atoms with Crippen molar-refractivity contribution >= 4 is 31.6 Å². The topological polar surface area (TPSA) is 71.3 Å². The lowest BCUT2D eigenvalue weighted by Gasteiger charge is -2.10. The van der Waals surface area contributed by atoms with Crippen molar-refractivity contribution in [3.05, 3.63) is 46.7 Å². The Bertz CT molecular complexity index is 721. The summed E-state index contributed by atoms with van der Waals surface area (Å²) in [6.07, 6.45) is 1.54. The number of aromatic nitrogens is 1. The van der Waals surface area contributed by atoms with Gasteiger partial charge < -0.3 is 9.67 Å². The van der Waals surface area contributed by atoms with Gasteiger partial charge in [0.2, 0.25) is 0 Å². The van der Waals surface area contributed by atoms with Gasteiger partial charge in [0, 0.05) is 28.1 Å². The molecule has 1 aromatic heterocycles. The first-order valence-electron chi connectivity index (χ1n) is 6.43. The highest BCUT2D eigenvalue weighted by Gasteiger charge is 2.19. The van der Waals surface area contributed by atoms with Crippen LogP contribution in [0.3, 0.4) is 0 Å². The molecule has 0 saturated heterocycles. The Morgan fingerprint density at radius 1 is 1.29 bits per heavy atom. The number of anilines is 1. The van der Waals surface area contributed by atoms with Crippen LogP contribution in [0.25, 0.3) is 0 Å². The molecule has 0 amide bonds. The number of nitrogens with one attached hydrogen (secondary N) is 1. The summed E-state index contributed by atoms with van der Waals surface area (Å²) in [5, 5.41) is 9.33. The van der Waals surface area contributed by atoms with Gasteiger partial charge in [0.05, 0.1) is 6.61 Å². The number of aliphatic hydroxyl groups excluding tert-OH is 1. The first-order chi connectivity index (χ1) is 9.83. The quantitative estimate of drug-likeness (QED) is 0.846. The van der Waals surface area contributed by atoms with E-state index in [0.29, 0.717) is 11.4 Å². The molecule has 2 N–H and O–H groups in total. The summed E-state index contributed by atoms with van der Waals surface area (Å²) in [6.45, 7) is 3.65. The van der Waals surface area contributed by atoms with Crippen molar-refractivity contribution in [1.82, 2.24) is 4.57 Å². The number of sulfonamides is 1. The molecule has 0 radical (unpaired) electrons. The number of nitrogens with zero attached hydrogens (tertiary/aromatic N) is 1. The fourth-order valence-electron chi connectivity index (χ4n) is 1.98. The molecule has 0 bridgehead atoms. The molecule has 0 aliphatic carbocycles. The molecule has 0 unspecified atom stereocenters. The van der Waals surface area contributed by atoms with E-state index in [-0.39, 0.29) is 17.5 Å². The van der Waals surface area contributed by atoms with E-state index < -0.39 is 10.0 Å². The van der Waals surface area contributed by atoms with Gasteiger partial charge in [0.1, 0.15) is 4.90 Å². The Morgan fingerprint density at radius 2 is 1.90 bits per heavy atom. The van der Waals surface area contributed by atoms with Crippen molar-refractivity contribution in [3.8, 4) is 0 Å². The van der Waals surface area contributed by atoms with Crippen molar-refractivity contribution < 1.29 is 13.5 Å². The molecular weight excluding hydrogens is 356 g/mol. The SMILES string of the molecule is CC(C)n1cc(S(=O)(=O)Nc2ccc(Br)cc2)cc1CO. The predicted octanol–water partition coefficient (Wildman–Crippen LogP) is 3.12. The second-order valence-corrected chi connectivity index (χ2v) is 7.54. The van der Waals surface area contributed by atoms with Crippen LogP contribution in [0.5, 0.6) is 0 Å². The summed E-state index contributed by atoms with van der Waals surface area (Å²) >= 11 is 3.30. The van der Waals surface area contributed by atoms with Crippen LogP contribution in [-0.2, 0) is 16.6 Å². The lowest BCUT2D eigenvalue weighted by atomic mass is 10.3. The summed E-state index contributed by atoms with van der Waals surface area (Å²) in [4.78, 5) is 0.142. The van der Waals surface area contributed by atoms with Crippen LogP contribution in [0.4, 0.5) is 5.69 Å². The second-order valence-electron chi connectivity index (χ2n) is 4.94. The molecule has 5 nitrogen and oxygen atoms in total. The zero-order chi connectivity index (χ0) is 15.6. The molecule has 0 saturated carbocycles. The Labute approximate surface area is 132 Å². The molecule has 0 aliphatic heterocycles. The van der Waals surface area contributed by atoms with Gasteiger partial charge in [-0.3, -0.25) is 4.72 Å². The summed E-state index contributed by atoms with van der Waals surface area (Å²) in [5.41, 5.74) is 1.06. The van der Waals surface area contributed by atoms with Crippen LogP contribution in [0.2, 0.25) is 0 Å². The minimum atomic E-state index is -3.67. The zero-order valence-corrected chi connectivity index (χ0v) is 14.1. The molecule has 21 heavy (non-hydrogen) atoms. The highest BCUT2D eigenvalue weighted by atomic mass is 79.9. The Kier molecular flexibility index (Phi) is 4.75. The number of benzene rings is 1. The third kappa shape index (κ3) is 3.66. The maximum Gasteiger partial charge on any atom is 0.263 e. The van der Waals surface area contributed by atoms with E-state index in [1.54, 1.807) is 28.8 Å². The highest BCUT2D eigenvalue weighted by Crippen LogP contribution is 2.22. The number of rotatable bonds is 5. The fraction of sp³-hybridized carbons (Fsp3) is 0.286. The minimum Gasteiger partial charge on any atom is -0.390 e. The van der Waals surface area contributed by atoms with E-state index in [1.807, 2.05) is 13.8 Å². The molecule has 2 rings (SSSR count). The lowest BCUT2D eigenvalue weighted by Crippen LogP contribution is -2.12. The standard InChI is InChI=1S/C14H17BrN2O3S/c1-10(2)17-8-14(7-13(17)9-18)21(19,20)16-12-5-3-11(15)4-6-12/h3-8,10,16,18H,9H2,1-2H3. The smallest absolute Gasteiger partial charge is 0.263 e. The van der Waals surface area contributed by atoms with E-state index in [0.717, 1.165) is 4.47 Å². The minimum absolute atomic E-state index is 0.0729. The van der Waals surface area contributed by atoms with E-state index in [9.17, 15) is 13.5 Å². The van der Waals surface area contributed by atoms with Crippen molar-refractivity contribution in [1.29, 1.82) is 0 Å². The van der Waals surface area contributed by atoms with Gasteiger partial charge in [-0.2, -0.15) is 0 Å². The van der Waals surface area contributed by atoms with Crippen LogP contribution >= 0.6 is 15.9 Å². The van der Waals surface area contributed by atoms with Crippen LogP contribution in [0, 0.1) is 0 Å². The van der Waals surface area contributed by atoms with Crippen molar-refractivity contribution in [2.75, 3.05) is 4.72 Å². The fourth-order valence-corrected chi connectivity index (χ4v) is 3.36. The van der Waals surface area contributed by atoms with Crippen molar-refractivity contribution in [3.63, 3.8) is 0 Å². The summed E-state index contributed by atoms with van der Waals surface area (Å²) in [6, 6.07) is 8.43. The van der Waals surface area contributed by atoms with E-state index >= 15 is 0 Å². The summed E-state index contributed by atoms with van der Waals surface area (Å²) in [7, 11) is -3.67. The van der Waals surface area contributed by atoms with Crippen molar-refractivity contribution in [2.45, 2.75) is 31.4 Å². The largest absolute Gasteiger partial charge is 0.390 e. The number of hydrogen-bond donors (Lipinski definition) is 2.